The molecule has 12 heteroatoms. The summed E-state index contributed by atoms with van der Waals surface area (Å²) in [4.78, 5) is 30.6. The van der Waals surface area contributed by atoms with Crippen LogP contribution in [-0.2, 0) is 24.5 Å². The zero-order valence-electron chi connectivity index (χ0n) is 19.1. The van der Waals surface area contributed by atoms with Crippen molar-refractivity contribution in [2.45, 2.75) is 19.1 Å². The topological polar surface area (TPSA) is 107 Å². The molecule has 2 aromatic heterocycles. The monoisotopic (exact) mass is 498 g/mol. The van der Waals surface area contributed by atoms with E-state index in [2.05, 4.69) is 10.1 Å². The second kappa shape index (κ2) is 8.70. The van der Waals surface area contributed by atoms with Crippen LogP contribution >= 0.6 is 0 Å². The molecule has 3 heterocycles. The van der Waals surface area contributed by atoms with Gasteiger partial charge in [-0.05, 0) is 35.9 Å². The normalized spacial score (nSPS) is 14.3. The van der Waals surface area contributed by atoms with Crippen molar-refractivity contribution >= 4 is 39.6 Å². The Morgan fingerprint density at radius 3 is 2.61 bits per heavy atom. The highest BCUT2D eigenvalue weighted by atomic mass is 19.4. The lowest BCUT2D eigenvalue weighted by atomic mass is 10.1. The van der Waals surface area contributed by atoms with Gasteiger partial charge < -0.3 is 10.5 Å². The molecule has 9 nitrogen and oxygen atoms in total. The number of aromatic nitrogens is 3. The van der Waals surface area contributed by atoms with Gasteiger partial charge >= 0.3 is 12.3 Å². The minimum atomic E-state index is -4.48. The van der Waals surface area contributed by atoms with E-state index in [0.29, 0.717) is 39.6 Å². The number of nitrogens with two attached hydrogens (primary N) is 1. The molecule has 4 aromatic rings. The number of carbonyl (C=O) groups excluding carboxylic acids is 2. The fourth-order valence-electron chi connectivity index (χ4n) is 4.24. The van der Waals surface area contributed by atoms with Gasteiger partial charge in [0, 0.05) is 31.0 Å². The van der Waals surface area contributed by atoms with E-state index in [0.717, 1.165) is 12.1 Å². The average Bonchev–Trinajstić information content (AvgIpc) is 3.25. The minimum Gasteiger partial charge on any atom is -0.448 e. The summed E-state index contributed by atoms with van der Waals surface area (Å²) in [7, 11) is 1.75. The molecule has 0 unspecified atom stereocenters. The molecule has 36 heavy (non-hydrogen) atoms. The summed E-state index contributed by atoms with van der Waals surface area (Å²) in [5.41, 5.74) is 7.17. The van der Waals surface area contributed by atoms with E-state index in [-0.39, 0.29) is 25.3 Å². The Labute approximate surface area is 202 Å². The van der Waals surface area contributed by atoms with Crippen LogP contribution in [0.4, 0.5) is 23.8 Å². The first-order chi connectivity index (χ1) is 17.1. The van der Waals surface area contributed by atoms with Crippen molar-refractivity contribution in [2.75, 3.05) is 18.9 Å². The third-order valence-corrected chi connectivity index (χ3v) is 6.04. The van der Waals surface area contributed by atoms with Gasteiger partial charge in [0.25, 0.3) is 5.91 Å². The Morgan fingerprint density at radius 1 is 1.17 bits per heavy atom. The number of nitrogens with zero attached hydrogens (tertiary/aromatic N) is 5. The number of aryl methyl sites for hydroxylation is 1. The van der Waals surface area contributed by atoms with Crippen molar-refractivity contribution in [1.82, 2.24) is 24.8 Å². The predicted octanol–water partition coefficient (Wildman–Crippen LogP) is 4.12. The third-order valence-electron chi connectivity index (χ3n) is 6.04. The number of amides is 2. The van der Waals surface area contributed by atoms with E-state index in [1.54, 1.807) is 36.1 Å². The molecule has 2 amide bonds. The van der Waals surface area contributed by atoms with Crippen LogP contribution in [-0.4, -0.2) is 49.9 Å². The molecule has 1 aliphatic rings. The van der Waals surface area contributed by atoms with Crippen LogP contribution < -0.4 is 5.73 Å². The van der Waals surface area contributed by atoms with Gasteiger partial charge in [-0.15, -0.1) is 0 Å². The summed E-state index contributed by atoms with van der Waals surface area (Å²) in [6.45, 7) is 0.313. The number of rotatable bonds is 4. The standard InChI is InChI=1S/C24H21F3N6O3/c1-31-20-17-11-15(5-8-19(17)30-21(28)18(20)12-29-31)22(34)33(32-9-2-10-36-23(32)35)13-14-3-6-16(7-4-14)24(25,26)27/h3-8,11-12H,2,9-10,13H2,1H3,(H2,28,30). The molecule has 0 bridgehead atoms. The SMILES string of the molecule is Cn1ncc2c(N)nc3ccc(C(=O)N(Cc4ccc(C(F)(F)F)cc4)N4CCCOC4=O)cc3c21. The Hall–Kier alpha value is -4.35. The number of alkyl halides is 3. The van der Waals surface area contributed by atoms with Crippen molar-refractivity contribution in [3.05, 3.63) is 65.4 Å². The molecule has 1 saturated heterocycles. The number of nitrogen functional groups attached to an aromatic ring is 1. The number of benzene rings is 2. The van der Waals surface area contributed by atoms with Crippen LogP contribution in [0.3, 0.4) is 0 Å². The van der Waals surface area contributed by atoms with E-state index >= 15 is 0 Å². The van der Waals surface area contributed by atoms with Crippen LogP contribution in [0.15, 0.2) is 48.7 Å². The maximum atomic E-state index is 13.7. The predicted molar refractivity (Wildman–Crippen MR) is 124 cm³/mol. The largest absolute Gasteiger partial charge is 0.448 e. The minimum absolute atomic E-state index is 0.134. The van der Waals surface area contributed by atoms with E-state index in [4.69, 9.17) is 10.5 Å². The molecule has 2 aromatic carbocycles. The van der Waals surface area contributed by atoms with Crippen LogP contribution in [0.2, 0.25) is 0 Å². The van der Waals surface area contributed by atoms with Gasteiger partial charge in [-0.1, -0.05) is 12.1 Å². The molecular weight excluding hydrogens is 477 g/mol. The van der Waals surface area contributed by atoms with E-state index < -0.39 is 23.7 Å². The van der Waals surface area contributed by atoms with Crippen LogP contribution in [0.1, 0.15) is 27.9 Å². The number of pyridine rings is 1. The molecule has 0 radical (unpaired) electrons. The molecular formula is C24H21F3N6O3. The van der Waals surface area contributed by atoms with Crippen molar-refractivity contribution in [1.29, 1.82) is 0 Å². The summed E-state index contributed by atoms with van der Waals surface area (Å²) in [5.74, 6) is -0.215. The lowest BCUT2D eigenvalue weighted by molar-refractivity contribution is -0.137. The van der Waals surface area contributed by atoms with Gasteiger partial charge in [0.15, 0.2) is 0 Å². The summed E-state index contributed by atoms with van der Waals surface area (Å²) in [6, 6.07) is 9.30. The maximum Gasteiger partial charge on any atom is 0.428 e. The third kappa shape index (κ3) is 4.14. The number of ether oxygens (including phenoxy) is 1. The van der Waals surface area contributed by atoms with E-state index in [9.17, 15) is 22.8 Å². The molecule has 2 N–H and O–H groups in total. The summed E-state index contributed by atoms with van der Waals surface area (Å²) in [5, 5.41) is 7.87. The molecule has 1 fully saturated rings. The summed E-state index contributed by atoms with van der Waals surface area (Å²) in [6.07, 6.45) is -3.10. The maximum absolute atomic E-state index is 13.7. The van der Waals surface area contributed by atoms with Crippen LogP contribution in [0.5, 0.6) is 0 Å². The summed E-state index contributed by atoms with van der Waals surface area (Å²) < 4.78 is 45.7. The Balaban J connectivity index is 1.55. The number of anilines is 1. The number of cyclic esters (lactones) is 1. The first-order valence-corrected chi connectivity index (χ1v) is 11.1. The fourth-order valence-corrected chi connectivity index (χ4v) is 4.24. The average molecular weight is 498 g/mol. The Bertz CT molecular complexity index is 1480. The van der Waals surface area contributed by atoms with Crippen LogP contribution in [0, 0.1) is 0 Å². The number of fused-ring (bicyclic) bond motifs is 3. The van der Waals surface area contributed by atoms with Gasteiger partial charge in [-0.3, -0.25) is 9.48 Å². The van der Waals surface area contributed by atoms with Gasteiger partial charge in [0.1, 0.15) is 5.82 Å². The summed E-state index contributed by atoms with van der Waals surface area (Å²) >= 11 is 0. The fraction of sp³-hybridized carbons (Fsp3) is 0.250. The number of halogens is 3. The second-order valence-corrected chi connectivity index (χ2v) is 8.41. The zero-order valence-corrected chi connectivity index (χ0v) is 19.1. The van der Waals surface area contributed by atoms with Gasteiger partial charge in [0.05, 0.1) is 41.3 Å². The second-order valence-electron chi connectivity index (χ2n) is 8.41. The first-order valence-electron chi connectivity index (χ1n) is 11.1. The number of hydrogen-bond donors (Lipinski definition) is 1. The lowest BCUT2D eigenvalue weighted by Crippen LogP contribution is -2.52. The van der Waals surface area contributed by atoms with E-state index in [1.807, 2.05) is 0 Å². The molecule has 5 rings (SSSR count). The molecule has 0 spiro atoms. The number of hydrogen-bond acceptors (Lipinski definition) is 6. The van der Waals surface area contributed by atoms with Crippen molar-refractivity contribution in [3.8, 4) is 0 Å². The molecule has 0 aliphatic carbocycles. The molecule has 0 atom stereocenters. The molecule has 1 aliphatic heterocycles. The van der Waals surface area contributed by atoms with Crippen molar-refractivity contribution in [2.24, 2.45) is 7.05 Å². The number of hydrazine groups is 1. The quantitative estimate of drug-likeness (QED) is 0.454. The van der Waals surface area contributed by atoms with Crippen molar-refractivity contribution in [3.63, 3.8) is 0 Å². The highest BCUT2D eigenvalue weighted by Gasteiger charge is 2.32. The first kappa shape index (κ1) is 23.4. The van der Waals surface area contributed by atoms with Gasteiger partial charge in [-0.25, -0.2) is 19.8 Å². The Morgan fingerprint density at radius 2 is 1.92 bits per heavy atom. The zero-order chi connectivity index (χ0) is 25.6. The van der Waals surface area contributed by atoms with Gasteiger partial charge in [-0.2, -0.15) is 18.3 Å². The highest BCUT2D eigenvalue weighted by Crippen LogP contribution is 2.31. The Kier molecular flexibility index (Phi) is 5.65. The van der Waals surface area contributed by atoms with Crippen LogP contribution in [0.25, 0.3) is 21.8 Å². The number of carbonyl (C=O) groups is 2. The smallest absolute Gasteiger partial charge is 0.428 e. The van der Waals surface area contributed by atoms with Crippen molar-refractivity contribution < 1.29 is 27.5 Å². The van der Waals surface area contributed by atoms with Gasteiger partial charge in [0.2, 0.25) is 0 Å². The molecule has 186 valence electrons. The van der Waals surface area contributed by atoms with E-state index in [1.165, 1.54) is 22.2 Å². The lowest BCUT2D eigenvalue weighted by Gasteiger charge is -2.36. The molecule has 0 saturated carbocycles. The highest BCUT2D eigenvalue weighted by molar-refractivity contribution is 6.10.